The first kappa shape index (κ1) is 13.1. The highest BCUT2D eigenvalue weighted by Crippen LogP contribution is 2.16. The molecular formula is C14H20N2O2. The topological polar surface area (TPSA) is 50.4 Å². The summed E-state index contributed by atoms with van der Waals surface area (Å²) in [4.78, 5) is 12.0. The predicted octanol–water partition coefficient (Wildman–Crippen LogP) is 0.852. The van der Waals surface area contributed by atoms with Crippen molar-refractivity contribution in [2.75, 3.05) is 13.7 Å². The van der Waals surface area contributed by atoms with Gasteiger partial charge in [-0.05, 0) is 24.5 Å². The van der Waals surface area contributed by atoms with Crippen LogP contribution in [-0.4, -0.2) is 31.7 Å². The molecule has 0 radical (unpaired) electrons. The molecule has 2 atom stereocenters. The normalized spacial score (nSPS) is 20.0. The number of fused-ring (bicyclic) bond motifs is 1. The third-order valence-corrected chi connectivity index (χ3v) is 3.36. The quantitative estimate of drug-likeness (QED) is 0.830. The molecule has 2 unspecified atom stereocenters. The fourth-order valence-electron chi connectivity index (χ4n) is 2.09. The number of amides is 1. The van der Waals surface area contributed by atoms with Crippen LogP contribution < -0.4 is 10.6 Å². The van der Waals surface area contributed by atoms with E-state index in [4.69, 9.17) is 4.74 Å². The van der Waals surface area contributed by atoms with Crippen LogP contribution in [0.1, 0.15) is 18.1 Å². The summed E-state index contributed by atoms with van der Waals surface area (Å²) in [6.07, 6.45) is 0.799. The molecule has 1 amide bonds. The van der Waals surface area contributed by atoms with Crippen LogP contribution in [0.3, 0.4) is 0 Å². The van der Waals surface area contributed by atoms with Gasteiger partial charge in [0.15, 0.2) is 0 Å². The van der Waals surface area contributed by atoms with E-state index in [-0.39, 0.29) is 18.1 Å². The Hall–Kier alpha value is -1.39. The molecule has 18 heavy (non-hydrogen) atoms. The lowest BCUT2D eigenvalue weighted by molar-refractivity contribution is -0.123. The average Bonchev–Trinajstić information content (AvgIpc) is 2.43. The van der Waals surface area contributed by atoms with Crippen molar-refractivity contribution in [3.05, 3.63) is 35.4 Å². The molecule has 1 aromatic rings. The van der Waals surface area contributed by atoms with Gasteiger partial charge in [-0.3, -0.25) is 4.79 Å². The minimum Gasteiger partial charge on any atom is -0.380 e. The van der Waals surface area contributed by atoms with Crippen LogP contribution in [0.25, 0.3) is 0 Å². The van der Waals surface area contributed by atoms with Gasteiger partial charge in [0, 0.05) is 20.2 Å². The highest BCUT2D eigenvalue weighted by molar-refractivity contribution is 5.82. The van der Waals surface area contributed by atoms with Crippen LogP contribution in [0, 0.1) is 0 Å². The van der Waals surface area contributed by atoms with Crippen LogP contribution in [0.15, 0.2) is 24.3 Å². The van der Waals surface area contributed by atoms with Gasteiger partial charge in [-0.2, -0.15) is 0 Å². The monoisotopic (exact) mass is 248 g/mol. The van der Waals surface area contributed by atoms with Crippen LogP contribution in [0.5, 0.6) is 0 Å². The largest absolute Gasteiger partial charge is 0.380 e. The predicted molar refractivity (Wildman–Crippen MR) is 70.3 cm³/mol. The average molecular weight is 248 g/mol. The van der Waals surface area contributed by atoms with Gasteiger partial charge in [-0.15, -0.1) is 0 Å². The van der Waals surface area contributed by atoms with Crippen LogP contribution in [-0.2, 0) is 22.5 Å². The minimum atomic E-state index is -0.135. The van der Waals surface area contributed by atoms with Crippen molar-refractivity contribution in [1.29, 1.82) is 0 Å². The Balaban J connectivity index is 1.90. The maximum absolute atomic E-state index is 12.0. The van der Waals surface area contributed by atoms with E-state index in [1.54, 1.807) is 7.11 Å². The first-order chi connectivity index (χ1) is 8.70. The second kappa shape index (κ2) is 5.98. The minimum absolute atomic E-state index is 0.0461. The Bertz CT molecular complexity index is 420. The summed E-state index contributed by atoms with van der Waals surface area (Å²) < 4.78 is 5.11. The summed E-state index contributed by atoms with van der Waals surface area (Å²) in [6, 6.07) is 8.11. The SMILES string of the molecule is COC(C)CNC(=O)C1Cc2ccccc2CN1. The molecule has 98 valence electrons. The zero-order chi connectivity index (χ0) is 13.0. The standard InChI is InChI=1S/C14H20N2O2/c1-10(18-2)8-16-14(17)13-7-11-5-3-4-6-12(11)9-15-13/h3-6,10,13,15H,7-9H2,1-2H3,(H,16,17). The molecule has 0 spiro atoms. The van der Waals surface area contributed by atoms with E-state index in [0.29, 0.717) is 6.54 Å². The molecule has 0 aromatic heterocycles. The van der Waals surface area contributed by atoms with Crippen molar-refractivity contribution in [1.82, 2.24) is 10.6 Å². The molecular weight excluding hydrogens is 228 g/mol. The number of carbonyl (C=O) groups is 1. The van der Waals surface area contributed by atoms with E-state index in [9.17, 15) is 4.79 Å². The lowest BCUT2D eigenvalue weighted by Crippen LogP contribution is -2.49. The number of nitrogens with one attached hydrogen (secondary N) is 2. The zero-order valence-corrected chi connectivity index (χ0v) is 10.9. The number of methoxy groups -OCH3 is 1. The first-order valence-electron chi connectivity index (χ1n) is 6.31. The summed E-state index contributed by atoms with van der Waals surface area (Å²) in [5.41, 5.74) is 2.54. The maximum Gasteiger partial charge on any atom is 0.237 e. The second-order valence-electron chi connectivity index (χ2n) is 4.70. The molecule has 0 saturated carbocycles. The third kappa shape index (κ3) is 3.09. The third-order valence-electron chi connectivity index (χ3n) is 3.36. The van der Waals surface area contributed by atoms with Gasteiger partial charge in [-0.1, -0.05) is 24.3 Å². The van der Waals surface area contributed by atoms with Gasteiger partial charge in [0.25, 0.3) is 0 Å². The smallest absolute Gasteiger partial charge is 0.237 e. The lowest BCUT2D eigenvalue weighted by Gasteiger charge is -2.25. The van der Waals surface area contributed by atoms with Crippen molar-refractivity contribution in [3.63, 3.8) is 0 Å². The summed E-state index contributed by atoms with van der Waals surface area (Å²) in [6.45, 7) is 3.24. The molecule has 1 aromatic carbocycles. The summed E-state index contributed by atoms with van der Waals surface area (Å²) in [5, 5.41) is 6.17. The molecule has 1 heterocycles. The van der Waals surface area contributed by atoms with Crippen molar-refractivity contribution in [3.8, 4) is 0 Å². The molecule has 2 N–H and O–H groups in total. The Labute approximate surface area is 108 Å². The Morgan fingerprint density at radius 2 is 2.22 bits per heavy atom. The fraction of sp³-hybridized carbons (Fsp3) is 0.500. The maximum atomic E-state index is 12.0. The van der Waals surface area contributed by atoms with Gasteiger partial charge in [0.1, 0.15) is 0 Å². The number of rotatable bonds is 4. The highest BCUT2D eigenvalue weighted by Gasteiger charge is 2.23. The van der Waals surface area contributed by atoms with Gasteiger partial charge < -0.3 is 15.4 Å². The summed E-state index contributed by atoms with van der Waals surface area (Å²) in [5.74, 6) is 0.0494. The van der Waals surface area contributed by atoms with Crippen molar-refractivity contribution in [2.45, 2.75) is 32.0 Å². The van der Waals surface area contributed by atoms with Crippen molar-refractivity contribution >= 4 is 5.91 Å². The summed E-state index contributed by atoms with van der Waals surface area (Å²) >= 11 is 0. The number of ether oxygens (including phenoxy) is 1. The number of carbonyl (C=O) groups excluding carboxylic acids is 1. The van der Waals surface area contributed by atoms with E-state index in [0.717, 1.165) is 13.0 Å². The Morgan fingerprint density at radius 3 is 2.94 bits per heavy atom. The first-order valence-corrected chi connectivity index (χ1v) is 6.31. The van der Waals surface area contributed by atoms with Crippen LogP contribution in [0.2, 0.25) is 0 Å². The second-order valence-corrected chi connectivity index (χ2v) is 4.70. The van der Waals surface area contributed by atoms with Crippen LogP contribution in [0.4, 0.5) is 0 Å². The molecule has 0 aliphatic carbocycles. The van der Waals surface area contributed by atoms with Crippen molar-refractivity contribution in [2.24, 2.45) is 0 Å². The van der Waals surface area contributed by atoms with Gasteiger partial charge >= 0.3 is 0 Å². The van der Waals surface area contributed by atoms with Gasteiger partial charge in [0.2, 0.25) is 5.91 Å². The molecule has 0 fully saturated rings. The molecule has 1 aliphatic heterocycles. The van der Waals surface area contributed by atoms with E-state index in [1.807, 2.05) is 19.1 Å². The van der Waals surface area contributed by atoms with Gasteiger partial charge in [0.05, 0.1) is 12.1 Å². The van der Waals surface area contributed by atoms with E-state index in [1.165, 1.54) is 11.1 Å². The van der Waals surface area contributed by atoms with E-state index >= 15 is 0 Å². The number of hydrogen-bond acceptors (Lipinski definition) is 3. The molecule has 0 bridgehead atoms. The number of hydrogen-bond donors (Lipinski definition) is 2. The van der Waals surface area contributed by atoms with Crippen LogP contribution >= 0.6 is 0 Å². The number of benzene rings is 1. The molecule has 4 nitrogen and oxygen atoms in total. The Kier molecular flexibility index (Phi) is 4.33. The molecule has 1 aliphatic rings. The van der Waals surface area contributed by atoms with E-state index < -0.39 is 0 Å². The zero-order valence-electron chi connectivity index (χ0n) is 10.9. The fourth-order valence-corrected chi connectivity index (χ4v) is 2.09. The molecule has 4 heteroatoms. The van der Waals surface area contributed by atoms with Crippen molar-refractivity contribution < 1.29 is 9.53 Å². The molecule has 0 saturated heterocycles. The highest BCUT2D eigenvalue weighted by atomic mass is 16.5. The summed E-state index contributed by atoms with van der Waals surface area (Å²) in [7, 11) is 1.64. The van der Waals surface area contributed by atoms with E-state index in [2.05, 4.69) is 22.8 Å². The Morgan fingerprint density at radius 1 is 1.50 bits per heavy atom. The molecule has 2 rings (SSSR count). The lowest BCUT2D eigenvalue weighted by atomic mass is 9.95. The van der Waals surface area contributed by atoms with Gasteiger partial charge in [-0.25, -0.2) is 0 Å².